The van der Waals surface area contributed by atoms with Gasteiger partial charge in [-0.15, -0.1) is 5.10 Å². The van der Waals surface area contributed by atoms with Gasteiger partial charge < -0.3 is 14.9 Å². The third kappa shape index (κ3) is 3.99. The maximum atomic E-state index is 10.3. The molecule has 1 aromatic heterocycles. The van der Waals surface area contributed by atoms with Crippen LogP contribution >= 0.6 is 0 Å². The first-order chi connectivity index (χ1) is 6.80. The number of hydrogen-bond donors (Lipinski definition) is 2. The summed E-state index contributed by atoms with van der Waals surface area (Å²) in [7, 11) is 0. The van der Waals surface area contributed by atoms with E-state index in [0.717, 1.165) is 19.4 Å². The van der Waals surface area contributed by atoms with Gasteiger partial charge in [0.05, 0.1) is 12.1 Å². The SMILES string of the molecule is O=C(O)C1CCCNC1.c1conn1. The first-order valence-corrected chi connectivity index (χ1v) is 4.45. The zero-order valence-electron chi connectivity index (χ0n) is 7.72. The van der Waals surface area contributed by atoms with Gasteiger partial charge in [0, 0.05) is 11.8 Å². The number of nitrogens with zero attached hydrogens (tertiary/aromatic N) is 2. The molecule has 1 saturated heterocycles. The maximum absolute atomic E-state index is 10.3. The van der Waals surface area contributed by atoms with Crippen molar-refractivity contribution in [3.05, 3.63) is 12.5 Å². The summed E-state index contributed by atoms with van der Waals surface area (Å²) in [6.45, 7) is 1.62. The molecule has 0 amide bonds. The van der Waals surface area contributed by atoms with Crippen molar-refractivity contribution >= 4 is 5.97 Å². The summed E-state index contributed by atoms with van der Waals surface area (Å²) in [4.78, 5) is 10.3. The highest BCUT2D eigenvalue weighted by molar-refractivity contribution is 5.70. The van der Waals surface area contributed by atoms with Crippen LogP contribution in [-0.4, -0.2) is 34.5 Å². The Labute approximate surface area is 81.3 Å². The number of carboxylic acid groups (broad SMARTS) is 1. The third-order valence-electron chi connectivity index (χ3n) is 1.93. The minimum atomic E-state index is -0.665. The summed E-state index contributed by atoms with van der Waals surface area (Å²) in [5.74, 6) is -0.805. The lowest BCUT2D eigenvalue weighted by atomic mass is 10.0. The number of nitrogens with one attached hydrogen (secondary N) is 1. The van der Waals surface area contributed by atoms with Crippen molar-refractivity contribution in [3.63, 3.8) is 0 Å². The van der Waals surface area contributed by atoms with E-state index in [1.165, 1.54) is 12.5 Å². The predicted octanol–water partition coefficient (Wildman–Crippen LogP) is 0.140. The van der Waals surface area contributed by atoms with Crippen LogP contribution in [0.25, 0.3) is 0 Å². The maximum Gasteiger partial charge on any atom is 0.307 e. The lowest BCUT2D eigenvalue weighted by molar-refractivity contribution is -0.142. The van der Waals surface area contributed by atoms with Gasteiger partial charge in [-0.05, 0) is 19.4 Å². The number of aromatic nitrogens is 2. The summed E-state index contributed by atoms with van der Waals surface area (Å²) in [5.41, 5.74) is 0. The number of hydrogen-bond acceptors (Lipinski definition) is 5. The van der Waals surface area contributed by atoms with Crippen LogP contribution in [0.2, 0.25) is 0 Å². The summed E-state index contributed by atoms with van der Waals surface area (Å²) >= 11 is 0. The van der Waals surface area contributed by atoms with Crippen molar-refractivity contribution in [2.45, 2.75) is 12.8 Å². The fraction of sp³-hybridized carbons (Fsp3) is 0.625. The Kier molecular flexibility index (Phi) is 4.63. The van der Waals surface area contributed by atoms with E-state index in [1.807, 2.05) is 0 Å². The summed E-state index contributed by atoms with van der Waals surface area (Å²) < 4.78 is 4.22. The lowest BCUT2D eigenvalue weighted by Crippen LogP contribution is -2.34. The molecule has 78 valence electrons. The van der Waals surface area contributed by atoms with Gasteiger partial charge in [0.15, 0.2) is 0 Å². The van der Waals surface area contributed by atoms with Gasteiger partial charge in [-0.2, -0.15) is 0 Å². The molecular weight excluding hydrogens is 186 g/mol. The molecule has 2 rings (SSSR count). The first kappa shape index (κ1) is 10.6. The Bertz CT molecular complexity index is 227. The zero-order chi connectivity index (χ0) is 10.2. The van der Waals surface area contributed by atoms with Crippen molar-refractivity contribution in [1.82, 2.24) is 15.7 Å². The van der Waals surface area contributed by atoms with Crippen LogP contribution in [0.15, 0.2) is 17.0 Å². The molecule has 0 bridgehead atoms. The van der Waals surface area contributed by atoms with Crippen molar-refractivity contribution in [3.8, 4) is 0 Å². The monoisotopic (exact) mass is 199 g/mol. The molecule has 1 aromatic rings. The van der Waals surface area contributed by atoms with Gasteiger partial charge in [-0.25, -0.2) is 0 Å². The topological polar surface area (TPSA) is 88.2 Å². The number of carboxylic acids is 1. The Hall–Kier alpha value is -1.43. The summed E-state index contributed by atoms with van der Waals surface area (Å²) in [5, 5.41) is 17.9. The molecule has 0 aromatic carbocycles. The fourth-order valence-corrected chi connectivity index (χ4v) is 1.20. The van der Waals surface area contributed by atoms with Crippen molar-refractivity contribution < 1.29 is 14.4 Å². The van der Waals surface area contributed by atoms with E-state index in [2.05, 4.69) is 20.2 Å². The molecule has 1 fully saturated rings. The fourth-order valence-electron chi connectivity index (χ4n) is 1.20. The van der Waals surface area contributed by atoms with Crippen LogP contribution in [0.1, 0.15) is 12.8 Å². The second-order valence-corrected chi connectivity index (χ2v) is 2.97. The molecule has 0 spiro atoms. The van der Waals surface area contributed by atoms with E-state index in [0.29, 0.717) is 6.54 Å². The van der Waals surface area contributed by atoms with Crippen LogP contribution < -0.4 is 5.32 Å². The van der Waals surface area contributed by atoms with Crippen LogP contribution in [-0.2, 0) is 4.79 Å². The number of rotatable bonds is 1. The summed E-state index contributed by atoms with van der Waals surface area (Å²) in [6.07, 6.45) is 4.71. The van der Waals surface area contributed by atoms with E-state index in [1.54, 1.807) is 0 Å². The lowest BCUT2D eigenvalue weighted by Gasteiger charge is -2.18. The smallest absolute Gasteiger partial charge is 0.307 e. The molecule has 6 heteroatoms. The van der Waals surface area contributed by atoms with Gasteiger partial charge >= 0.3 is 5.97 Å². The van der Waals surface area contributed by atoms with Crippen molar-refractivity contribution in [1.29, 1.82) is 0 Å². The van der Waals surface area contributed by atoms with Crippen molar-refractivity contribution in [2.24, 2.45) is 5.92 Å². The molecule has 1 atom stereocenters. The highest BCUT2D eigenvalue weighted by Crippen LogP contribution is 2.08. The van der Waals surface area contributed by atoms with E-state index >= 15 is 0 Å². The first-order valence-electron chi connectivity index (χ1n) is 4.45. The van der Waals surface area contributed by atoms with Gasteiger partial charge in [0.2, 0.25) is 0 Å². The molecule has 2 heterocycles. The van der Waals surface area contributed by atoms with Gasteiger partial charge in [0.25, 0.3) is 0 Å². The molecule has 2 N–H and O–H groups in total. The van der Waals surface area contributed by atoms with Crippen LogP contribution in [0, 0.1) is 5.92 Å². The minimum absolute atomic E-state index is 0.140. The second-order valence-electron chi connectivity index (χ2n) is 2.97. The standard InChI is InChI=1S/C6H11NO2.C2H2N2O/c8-6(9)5-2-1-3-7-4-5;1-2-5-4-3-1/h5,7H,1-4H2,(H,8,9);1-2H. The molecular formula is C8H13N3O3. The Morgan fingerprint density at radius 1 is 1.64 bits per heavy atom. The van der Waals surface area contributed by atoms with Crippen LogP contribution in [0.5, 0.6) is 0 Å². The van der Waals surface area contributed by atoms with Gasteiger partial charge in [-0.3, -0.25) is 4.79 Å². The molecule has 14 heavy (non-hydrogen) atoms. The van der Waals surface area contributed by atoms with Gasteiger partial charge in [-0.1, -0.05) is 0 Å². The summed E-state index contributed by atoms with van der Waals surface area (Å²) in [6, 6.07) is 0. The normalized spacial score (nSPS) is 20.7. The molecule has 0 aliphatic carbocycles. The number of piperidine rings is 1. The highest BCUT2D eigenvalue weighted by atomic mass is 16.5. The molecule has 6 nitrogen and oxygen atoms in total. The molecule has 1 aliphatic rings. The molecule has 1 aliphatic heterocycles. The quantitative estimate of drug-likeness (QED) is 0.668. The molecule has 0 radical (unpaired) electrons. The van der Waals surface area contributed by atoms with E-state index < -0.39 is 5.97 Å². The van der Waals surface area contributed by atoms with E-state index in [9.17, 15) is 4.79 Å². The van der Waals surface area contributed by atoms with Crippen LogP contribution in [0.3, 0.4) is 0 Å². The average molecular weight is 199 g/mol. The van der Waals surface area contributed by atoms with E-state index in [-0.39, 0.29) is 5.92 Å². The Balaban J connectivity index is 0.000000165. The molecule has 1 unspecified atom stereocenters. The Morgan fingerprint density at radius 3 is 2.79 bits per heavy atom. The van der Waals surface area contributed by atoms with Crippen LogP contribution in [0.4, 0.5) is 0 Å². The third-order valence-corrected chi connectivity index (χ3v) is 1.93. The van der Waals surface area contributed by atoms with E-state index in [4.69, 9.17) is 5.11 Å². The largest absolute Gasteiger partial charge is 0.481 e. The second kappa shape index (κ2) is 6.09. The average Bonchev–Trinajstić information content (AvgIpc) is 2.77. The zero-order valence-corrected chi connectivity index (χ0v) is 7.72. The van der Waals surface area contributed by atoms with Crippen molar-refractivity contribution in [2.75, 3.05) is 13.1 Å². The Morgan fingerprint density at radius 2 is 2.50 bits per heavy atom. The number of aliphatic carboxylic acids is 1. The predicted molar refractivity (Wildman–Crippen MR) is 47.5 cm³/mol. The molecule has 0 saturated carbocycles. The highest BCUT2D eigenvalue weighted by Gasteiger charge is 2.18. The van der Waals surface area contributed by atoms with Gasteiger partial charge in [0.1, 0.15) is 6.26 Å². The minimum Gasteiger partial charge on any atom is -0.481 e. The number of carbonyl (C=O) groups is 1.